The number of aromatic nitrogens is 2. The van der Waals surface area contributed by atoms with Gasteiger partial charge in [-0.15, -0.1) is 0 Å². The van der Waals surface area contributed by atoms with Crippen molar-refractivity contribution in [3.8, 4) is 0 Å². The van der Waals surface area contributed by atoms with E-state index in [2.05, 4.69) is 60.4 Å². The third kappa shape index (κ3) is 1.95. The number of nitrogens with zero attached hydrogens (tertiary/aromatic N) is 3. The van der Waals surface area contributed by atoms with Crippen LogP contribution >= 0.6 is 0 Å². The van der Waals surface area contributed by atoms with Gasteiger partial charge in [0.2, 0.25) is 0 Å². The minimum atomic E-state index is 0.505. The summed E-state index contributed by atoms with van der Waals surface area (Å²) in [6, 6.07) is 6.80. The van der Waals surface area contributed by atoms with Crippen molar-refractivity contribution >= 4 is 5.52 Å². The van der Waals surface area contributed by atoms with Crippen molar-refractivity contribution in [3.05, 3.63) is 35.9 Å². The van der Waals surface area contributed by atoms with Gasteiger partial charge in [-0.2, -0.15) is 0 Å². The van der Waals surface area contributed by atoms with Gasteiger partial charge in [0.25, 0.3) is 0 Å². The fourth-order valence-electron chi connectivity index (χ4n) is 1.88. The topological polar surface area (TPSA) is 20.5 Å². The lowest BCUT2D eigenvalue weighted by Gasteiger charge is -2.19. The molecule has 0 aliphatic rings. The van der Waals surface area contributed by atoms with Gasteiger partial charge in [0.05, 0.1) is 11.7 Å². The second-order valence-electron chi connectivity index (χ2n) is 4.62. The zero-order valence-electron chi connectivity index (χ0n) is 10.4. The lowest BCUT2D eigenvalue weighted by molar-refractivity contribution is 0.308. The zero-order valence-corrected chi connectivity index (χ0v) is 10.4. The summed E-state index contributed by atoms with van der Waals surface area (Å²) in [6.45, 7) is 4.35. The molecule has 0 N–H and O–H groups in total. The molecule has 1 unspecified atom stereocenters. The molecule has 2 aromatic heterocycles. The first-order valence-electron chi connectivity index (χ1n) is 5.68. The number of hydrogen-bond donors (Lipinski definition) is 0. The number of hydrogen-bond acceptors (Lipinski definition) is 2. The highest BCUT2D eigenvalue weighted by molar-refractivity contribution is 5.47. The average Bonchev–Trinajstić information content (AvgIpc) is 2.63. The number of aryl methyl sites for hydroxylation is 1. The fraction of sp³-hybridized carbons (Fsp3) is 0.462. The number of likely N-dealkylation sites (N-methyl/N-ethyl adjacent to an activating group) is 1. The summed E-state index contributed by atoms with van der Waals surface area (Å²) in [5.74, 6) is 1.15. The van der Waals surface area contributed by atoms with Crippen LogP contribution in [0.2, 0.25) is 0 Å². The molecule has 3 heteroatoms. The predicted molar refractivity (Wildman–Crippen MR) is 66.8 cm³/mol. The molecule has 0 aliphatic heterocycles. The first-order valence-corrected chi connectivity index (χ1v) is 5.68. The van der Waals surface area contributed by atoms with E-state index in [4.69, 9.17) is 0 Å². The van der Waals surface area contributed by atoms with Crippen LogP contribution in [0.25, 0.3) is 5.52 Å². The molecule has 0 saturated carbocycles. The second-order valence-corrected chi connectivity index (χ2v) is 4.62. The van der Waals surface area contributed by atoms with Crippen LogP contribution in [0.1, 0.15) is 18.4 Å². The van der Waals surface area contributed by atoms with E-state index in [1.165, 1.54) is 11.2 Å². The maximum Gasteiger partial charge on any atom is 0.114 e. The van der Waals surface area contributed by atoms with Gasteiger partial charge in [0, 0.05) is 18.2 Å². The molecule has 0 spiro atoms. The molecule has 0 saturated heterocycles. The van der Waals surface area contributed by atoms with Crippen LogP contribution in [0.15, 0.2) is 24.4 Å². The van der Waals surface area contributed by atoms with Crippen LogP contribution < -0.4 is 0 Å². The minimum Gasteiger partial charge on any atom is -0.306 e. The third-order valence-electron chi connectivity index (χ3n) is 3.18. The molecular formula is C13H19N3. The van der Waals surface area contributed by atoms with Crippen LogP contribution in [-0.4, -0.2) is 34.4 Å². The number of rotatable bonds is 3. The van der Waals surface area contributed by atoms with Crippen LogP contribution in [0.5, 0.6) is 0 Å². The summed E-state index contributed by atoms with van der Waals surface area (Å²) < 4.78 is 2.24. The molecule has 16 heavy (non-hydrogen) atoms. The van der Waals surface area contributed by atoms with E-state index in [-0.39, 0.29) is 0 Å². The van der Waals surface area contributed by atoms with Crippen molar-refractivity contribution in [2.45, 2.75) is 26.3 Å². The number of pyridine rings is 1. The second kappa shape index (κ2) is 4.26. The Bertz CT molecular complexity index is 485. The molecule has 2 aromatic rings. The summed E-state index contributed by atoms with van der Waals surface area (Å²) in [4.78, 5) is 6.74. The van der Waals surface area contributed by atoms with Gasteiger partial charge in [-0.25, -0.2) is 4.98 Å². The zero-order chi connectivity index (χ0) is 11.7. The van der Waals surface area contributed by atoms with E-state index in [0.717, 1.165) is 12.2 Å². The summed E-state index contributed by atoms with van der Waals surface area (Å²) in [5.41, 5.74) is 2.43. The highest BCUT2D eigenvalue weighted by Gasteiger charge is 2.11. The first kappa shape index (κ1) is 11.1. The van der Waals surface area contributed by atoms with E-state index >= 15 is 0 Å². The van der Waals surface area contributed by atoms with Gasteiger partial charge >= 0.3 is 0 Å². The van der Waals surface area contributed by atoms with Gasteiger partial charge in [0.1, 0.15) is 5.82 Å². The standard InChI is InChI=1S/C13H19N3/c1-10-6-5-7-12-9-14-13(16(10)12)8-11(2)15(3)4/h5-7,9,11H,8H2,1-4H3. The molecule has 0 amide bonds. The summed E-state index contributed by atoms with van der Waals surface area (Å²) in [5, 5.41) is 0. The van der Waals surface area contributed by atoms with Gasteiger partial charge in [-0.05, 0) is 40.1 Å². The van der Waals surface area contributed by atoms with Crippen molar-refractivity contribution in [2.24, 2.45) is 0 Å². The van der Waals surface area contributed by atoms with Gasteiger partial charge in [0.15, 0.2) is 0 Å². The minimum absolute atomic E-state index is 0.505. The lowest BCUT2D eigenvalue weighted by atomic mass is 10.2. The Balaban J connectivity index is 2.38. The van der Waals surface area contributed by atoms with Crippen molar-refractivity contribution in [3.63, 3.8) is 0 Å². The Morgan fingerprint density at radius 1 is 1.38 bits per heavy atom. The Kier molecular flexibility index (Phi) is 2.97. The van der Waals surface area contributed by atoms with Crippen molar-refractivity contribution in [1.29, 1.82) is 0 Å². The molecule has 3 nitrogen and oxygen atoms in total. The molecule has 2 heterocycles. The molecule has 0 fully saturated rings. The van der Waals surface area contributed by atoms with Crippen molar-refractivity contribution in [1.82, 2.24) is 14.3 Å². The van der Waals surface area contributed by atoms with E-state index in [1.54, 1.807) is 0 Å². The largest absolute Gasteiger partial charge is 0.306 e. The van der Waals surface area contributed by atoms with Gasteiger partial charge < -0.3 is 9.30 Å². The smallest absolute Gasteiger partial charge is 0.114 e. The average molecular weight is 217 g/mol. The molecule has 2 rings (SSSR count). The molecule has 0 radical (unpaired) electrons. The molecule has 0 bridgehead atoms. The summed E-state index contributed by atoms with van der Waals surface area (Å²) >= 11 is 0. The number of fused-ring (bicyclic) bond motifs is 1. The normalized spacial score (nSPS) is 13.6. The molecule has 1 atom stereocenters. The molecule has 0 aliphatic carbocycles. The first-order chi connectivity index (χ1) is 7.59. The fourth-order valence-corrected chi connectivity index (χ4v) is 1.88. The predicted octanol–water partition coefficient (Wildman–Crippen LogP) is 2.14. The van der Waals surface area contributed by atoms with Crippen molar-refractivity contribution in [2.75, 3.05) is 14.1 Å². The van der Waals surface area contributed by atoms with Gasteiger partial charge in [-0.3, -0.25) is 0 Å². The Morgan fingerprint density at radius 2 is 2.12 bits per heavy atom. The Morgan fingerprint density at radius 3 is 2.81 bits per heavy atom. The maximum atomic E-state index is 4.51. The van der Waals surface area contributed by atoms with Crippen LogP contribution in [0, 0.1) is 6.92 Å². The van der Waals surface area contributed by atoms with Crippen LogP contribution in [0.3, 0.4) is 0 Å². The summed E-state index contributed by atoms with van der Waals surface area (Å²) in [6.07, 6.45) is 2.93. The maximum absolute atomic E-state index is 4.51. The highest BCUT2D eigenvalue weighted by Crippen LogP contribution is 2.12. The van der Waals surface area contributed by atoms with E-state index in [1.807, 2.05) is 6.20 Å². The van der Waals surface area contributed by atoms with Crippen LogP contribution in [-0.2, 0) is 6.42 Å². The van der Waals surface area contributed by atoms with E-state index in [0.29, 0.717) is 6.04 Å². The van der Waals surface area contributed by atoms with Crippen LogP contribution in [0.4, 0.5) is 0 Å². The third-order valence-corrected chi connectivity index (χ3v) is 3.18. The lowest BCUT2D eigenvalue weighted by Crippen LogP contribution is -2.27. The van der Waals surface area contributed by atoms with Gasteiger partial charge in [-0.1, -0.05) is 6.07 Å². The van der Waals surface area contributed by atoms with Crippen molar-refractivity contribution < 1.29 is 0 Å². The molecule has 86 valence electrons. The SMILES string of the molecule is Cc1cccc2cnc(CC(C)N(C)C)n12. The Hall–Kier alpha value is -1.35. The quantitative estimate of drug-likeness (QED) is 0.785. The van der Waals surface area contributed by atoms with E-state index < -0.39 is 0 Å². The monoisotopic (exact) mass is 217 g/mol. The number of imidazole rings is 1. The summed E-state index contributed by atoms with van der Waals surface area (Å²) in [7, 11) is 4.21. The highest BCUT2D eigenvalue weighted by atomic mass is 15.1. The Labute approximate surface area is 96.7 Å². The molecule has 0 aromatic carbocycles. The molecular weight excluding hydrogens is 198 g/mol. The van der Waals surface area contributed by atoms with E-state index in [9.17, 15) is 0 Å².